The molecule has 29 heavy (non-hydrogen) atoms. The molecule has 0 spiro atoms. The molecule has 1 amide bonds. The van der Waals surface area contributed by atoms with Crippen LogP contribution in [0.5, 0.6) is 5.75 Å². The minimum absolute atomic E-state index is 0.471. The van der Waals surface area contributed by atoms with Gasteiger partial charge in [0.05, 0.1) is 0 Å². The number of ether oxygens (including phenoxy) is 1. The third-order valence-corrected chi connectivity index (χ3v) is 5.33. The van der Waals surface area contributed by atoms with Gasteiger partial charge in [-0.25, -0.2) is 0 Å². The SMILES string of the molecule is O=CN1CCN([C@H](C(=O)O)c2c[nH]c3cc(OCc4ccccc4)ccc23)CC1. The lowest BCUT2D eigenvalue weighted by Gasteiger charge is -2.36. The summed E-state index contributed by atoms with van der Waals surface area (Å²) in [4.78, 5) is 29.7. The second-order valence-electron chi connectivity index (χ2n) is 7.14. The Morgan fingerprint density at radius 1 is 1.14 bits per heavy atom. The maximum absolute atomic E-state index is 12.1. The van der Waals surface area contributed by atoms with E-state index < -0.39 is 12.0 Å². The molecule has 2 N–H and O–H groups in total. The van der Waals surface area contributed by atoms with Gasteiger partial charge in [0.25, 0.3) is 0 Å². The standard InChI is InChI=1S/C22H23N3O4/c26-15-24-8-10-25(11-9-24)21(22(27)28)19-13-23-20-12-17(6-7-18(19)20)29-14-16-4-2-1-3-5-16/h1-7,12-13,15,21,23H,8-11,14H2,(H,27,28)/t21-/m0/s1. The first-order chi connectivity index (χ1) is 14.2. The lowest BCUT2D eigenvalue weighted by molar-refractivity contribution is -0.144. The van der Waals surface area contributed by atoms with Crippen LogP contribution in [0, 0.1) is 0 Å². The number of fused-ring (bicyclic) bond motifs is 1. The highest BCUT2D eigenvalue weighted by Gasteiger charge is 2.31. The molecule has 7 heteroatoms. The Morgan fingerprint density at radius 3 is 2.59 bits per heavy atom. The lowest BCUT2D eigenvalue weighted by Crippen LogP contribution is -2.48. The molecule has 0 unspecified atom stereocenters. The quantitative estimate of drug-likeness (QED) is 0.603. The molecule has 150 valence electrons. The molecule has 2 heterocycles. The molecule has 1 saturated heterocycles. The normalized spacial score (nSPS) is 15.9. The second-order valence-corrected chi connectivity index (χ2v) is 7.14. The second kappa shape index (κ2) is 8.36. The summed E-state index contributed by atoms with van der Waals surface area (Å²) in [5, 5.41) is 10.7. The number of nitrogens with one attached hydrogen (secondary N) is 1. The van der Waals surface area contributed by atoms with Crippen molar-refractivity contribution in [1.29, 1.82) is 0 Å². The highest BCUT2D eigenvalue weighted by Crippen LogP contribution is 2.31. The van der Waals surface area contributed by atoms with Crippen LogP contribution in [0.25, 0.3) is 10.9 Å². The molecule has 0 saturated carbocycles. The van der Waals surface area contributed by atoms with Crippen LogP contribution in [0.4, 0.5) is 0 Å². The van der Waals surface area contributed by atoms with Gasteiger partial charge in [-0.3, -0.25) is 14.5 Å². The van der Waals surface area contributed by atoms with E-state index in [-0.39, 0.29) is 0 Å². The largest absolute Gasteiger partial charge is 0.489 e. The molecular formula is C22H23N3O4. The number of aliphatic carboxylic acids is 1. The van der Waals surface area contributed by atoms with Crippen LogP contribution < -0.4 is 4.74 Å². The third-order valence-electron chi connectivity index (χ3n) is 5.33. The van der Waals surface area contributed by atoms with E-state index in [1.807, 2.05) is 53.4 Å². The minimum atomic E-state index is -0.894. The van der Waals surface area contributed by atoms with Crippen LogP contribution >= 0.6 is 0 Å². The number of piperazine rings is 1. The molecule has 1 fully saturated rings. The van der Waals surface area contributed by atoms with Crippen molar-refractivity contribution in [2.75, 3.05) is 26.2 Å². The van der Waals surface area contributed by atoms with Crippen LogP contribution in [0.1, 0.15) is 17.2 Å². The molecule has 1 aliphatic rings. The average molecular weight is 393 g/mol. The van der Waals surface area contributed by atoms with Crippen molar-refractivity contribution < 1.29 is 19.4 Å². The van der Waals surface area contributed by atoms with Gasteiger partial charge in [0.2, 0.25) is 6.41 Å². The summed E-state index contributed by atoms with van der Waals surface area (Å²) in [6.45, 7) is 2.60. The first-order valence-corrected chi connectivity index (χ1v) is 9.59. The van der Waals surface area contributed by atoms with Crippen molar-refractivity contribution in [2.24, 2.45) is 0 Å². The van der Waals surface area contributed by atoms with Crippen LogP contribution in [-0.2, 0) is 16.2 Å². The Kier molecular flexibility index (Phi) is 5.48. The van der Waals surface area contributed by atoms with E-state index in [0.29, 0.717) is 32.8 Å². The van der Waals surface area contributed by atoms with Gasteiger partial charge < -0.3 is 19.7 Å². The number of nitrogens with zero attached hydrogens (tertiary/aromatic N) is 2. The van der Waals surface area contributed by atoms with Crippen molar-refractivity contribution in [3.8, 4) is 5.75 Å². The highest BCUT2D eigenvalue weighted by atomic mass is 16.5. The van der Waals surface area contributed by atoms with E-state index in [1.54, 1.807) is 11.1 Å². The minimum Gasteiger partial charge on any atom is -0.489 e. The molecule has 3 aromatic rings. The number of H-pyrrole nitrogens is 1. The monoisotopic (exact) mass is 393 g/mol. The molecule has 1 aromatic heterocycles. The molecule has 1 aliphatic heterocycles. The third kappa shape index (κ3) is 4.09. The van der Waals surface area contributed by atoms with E-state index in [2.05, 4.69) is 4.98 Å². The number of rotatable bonds is 7. The Hall–Kier alpha value is -3.32. The fraction of sp³-hybridized carbons (Fsp3) is 0.273. The van der Waals surface area contributed by atoms with E-state index >= 15 is 0 Å². The van der Waals surface area contributed by atoms with E-state index in [1.165, 1.54) is 0 Å². The van der Waals surface area contributed by atoms with Gasteiger partial charge >= 0.3 is 5.97 Å². The van der Waals surface area contributed by atoms with Crippen molar-refractivity contribution in [1.82, 2.24) is 14.8 Å². The van der Waals surface area contributed by atoms with Gasteiger partial charge in [-0.2, -0.15) is 0 Å². The van der Waals surface area contributed by atoms with E-state index in [0.717, 1.165) is 34.2 Å². The summed E-state index contributed by atoms with van der Waals surface area (Å²) in [6.07, 6.45) is 2.58. The number of amides is 1. The summed E-state index contributed by atoms with van der Waals surface area (Å²) in [6, 6.07) is 14.8. The zero-order chi connectivity index (χ0) is 20.2. The van der Waals surface area contributed by atoms with E-state index in [4.69, 9.17) is 4.74 Å². The number of carboxylic acids is 1. The summed E-state index contributed by atoms with van der Waals surface area (Å²) >= 11 is 0. The molecular weight excluding hydrogens is 370 g/mol. The van der Waals surface area contributed by atoms with Gasteiger partial charge in [0.1, 0.15) is 18.4 Å². The van der Waals surface area contributed by atoms with Crippen LogP contribution in [0.15, 0.2) is 54.7 Å². The van der Waals surface area contributed by atoms with Gasteiger partial charge in [0, 0.05) is 54.9 Å². The first-order valence-electron chi connectivity index (χ1n) is 9.59. The zero-order valence-electron chi connectivity index (χ0n) is 16.0. The van der Waals surface area contributed by atoms with Crippen LogP contribution in [0.2, 0.25) is 0 Å². The summed E-state index contributed by atoms with van der Waals surface area (Å²) in [7, 11) is 0. The van der Waals surface area contributed by atoms with Crippen molar-refractivity contribution in [3.05, 3.63) is 65.9 Å². The maximum atomic E-state index is 12.1. The summed E-state index contributed by atoms with van der Waals surface area (Å²) in [5.41, 5.74) is 2.64. The number of hydrogen-bond acceptors (Lipinski definition) is 4. The molecule has 2 aromatic carbocycles. The Labute approximate surface area is 168 Å². The van der Waals surface area contributed by atoms with Gasteiger partial charge in [-0.1, -0.05) is 30.3 Å². The number of carboxylic acid groups (broad SMARTS) is 1. The van der Waals surface area contributed by atoms with Gasteiger partial charge in [-0.15, -0.1) is 0 Å². The topological polar surface area (TPSA) is 85.9 Å². The maximum Gasteiger partial charge on any atom is 0.325 e. The smallest absolute Gasteiger partial charge is 0.325 e. The Morgan fingerprint density at radius 2 is 1.90 bits per heavy atom. The molecule has 0 radical (unpaired) electrons. The number of hydrogen-bond donors (Lipinski definition) is 2. The van der Waals surface area contributed by atoms with Gasteiger partial charge in [0.15, 0.2) is 0 Å². The van der Waals surface area contributed by atoms with Crippen molar-refractivity contribution >= 4 is 23.3 Å². The van der Waals surface area contributed by atoms with Crippen molar-refractivity contribution in [2.45, 2.75) is 12.6 Å². The number of aromatic nitrogens is 1. The van der Waals surface area contributed by atoms with E-state index in [9.17, 15) is 14.7 Å². The number of benzene rings is 2. The number of carbonyl (C=O) groups is 2. The molecule has 1 atom stereocenters. The van der Waals surface area contributed by atoms with Crippen LogP contribution in [0.3, 0.4) is 0 Å². The molecule has 0 aliphatic carbocycles. The summed E-state index contributed by atoms with van der Waals surface area (Å²) < 4.78 is 5.87. The molecule has 7 nitrogen and oxygen atoms in total. The number of carbonyl (C=O) groups excluding carboxylic acids is 1. The zero-order valence-corrected chi connectivity index (χ0v) is 16.0. The predicted octanol–water partition coefficient (Wildman–Crippen LogP) is 2.65. The Bertz CT molecular complexity index is 994. The van der Waals surface area contributed by atoms with Crippen molar-refractivity contribution in [3.63, 3.8) is 0 Å². The molecule has 0 bridgehead atoms. The average Bonchev–Trinajstić information content (AvgIpc) is 3.16. The molecule has 4 rings (SSSR count). The lowest BCUT2D eigenvalue weighted by atomic mass is 10.0. The highest BCUT2D eigenvalue weighted by molar-refractivity contribution is 5.90. The van der Waals surface area contributed by atoms with Crippen LogP contribution in [-0.4, -0.2) is 58.4 Å². The fourth-order valence-corrected chi connectivity index (χ4v) is 3.77. The predicted molar refractivity (Wildman–Crippen MR) is 109 cm³/mol. The fourth-order valence-electron chi connectivity index (χ4n) is 3.77. The van der Waals surface area contributed by atoms with Gasteiger partial charge in [-0.05, 0) is 17.7 Å². The number of aromatic amines is 1. The Balaban J connectivity index is 1.54. The first kappa shape index (κ1) is 19.0. The summed E-state index contributed by atoms with van der Waals surface area (Å²) in [5.74, 6) is -0.170.